The number of hydrogen-bond acceptors (Lipinski definition) is 6. The summed E-state index contributed by atoms with van der Waals surface area (Å²) < 4.78 is 10.8. The monoisotopic (exact) mass is 429 g/mol. The van der Waals surface area contributed by atoms with Crippen molar-refractivity contribution in [2.24, 2.45) is 0 Å². The highest BCUT2D eigenvalue weighted by molar-refractivity contribution is 6.36. The van der Waals surface area contributed by atoms with Gasteiger partial charge in [0.15, 0.2) is 0 Å². The van der Waals surface area contributed by atoms with Crippen LogP contribution in [-0.2, 0) is 16.1 Å². The molecule has 1 aliphatic rings. The summed E-state index contributed by atoms with van der Waals surface area (Å²) in [6, 6.07) is 19.7. The van der Waals surface area contributed by atoms with Gasteiger partial charge in [0, 0.05) is 18.0 Å². The number of amides is 2. The summed E-state index contributed by atoms with van der Waals surface area (Å²) in [5, 5.41) is 3.14. The minimum absolute atomic E-state index is 0.0856. The van der Waals surface area contributed by atoms with Gasteiger partial charge < -0.3 is 14.8 Å². The van der Waals surface area contributed by atoms with Crippen LogP contribution in [-0.4, -0.2) is 35.4 Å². The quantitative estimate of drug-likeness (QED) is 0.548. The van der Waals surface area contributed by atoms with Crippen LogP contribution in [0.2, 0.25) is 0 Å². The number of ether oxygens (including phenoxy) is 2. The van der Waals surface area contributed by atoms with Crippen molar-refractivity contribution in [2.45, 2.75) is 13.5 Å². The third-order valence-corrected chi connectivity index (χ3v) is 5.01. The molecule has 0 saturated carbocycles. The van der Waals surface area contributed by atoms with E-state index in [4.69, 9.17) is 9.47 Å². The lowest BCUT2D eigenvalue weighted by molar-refractivity contribution is -0.137. The summed E-state index contributed by atoms with van der Waals surface area (Å²) in [4.78, 5) is 32.2. The SMILES string of the molecule is CCOc1ccc(C2=C(Nc3cccc(OC)c3)C(=O)N(Cc3ccccn3)C2=O)cc1. The van der Waals surface area contributed by atoms with E-state index in [1.807, 2.05) is 31.2 Å². The van der Waals surface area contributed by atoms with Gasteiger partial charge >= 0.3 is 0 Å². The van der Waals surface area contributed by atoms with Gasteiger partial charge in [0.2, 0.25) is 0 Å². The van der Waals surface area contributed by atoms with Crippen molar-refractivity contribution in [1.29, 1.82) is 0 Å². The Morgan fingerprint density at radius 3 is 2.44 bits per heavy atom. The molecule has 1 aliphatic heterocycles. The molecule has 0 radical (unpaired) electrons. The molecule has 7 nitrogen and oxygen atoms in total. The number of carbonyl (C=O) groups is 2. The predicted molar refractivity (Wildman–Crippen MR) is 121 cm³/mol. The first-order valence-corrected chi connectivity index (χ1v) is 10.3. The molecule has 1 aromatic heterocycles. The largest absolute Gasteiger partial charge is 0.497 e. The Labute approximate surface area is 186 Å². The molecule has 0 bridgehead atoms. The molecule has 3 aromatic rings. The first kappa shape index (κ1) is 21.1. The number of benzene rings is 2. The fourth-order valence-corrected chi connectivity index (χ4v) is 3.49. The molecule has 32 heavy (non-hydrogen) atoms. The van der Waals surface area contributed by atoms with Crippen LogP contribution in [0.4, 0.5) is 5.69 Å². The molecule has 2 amide bonds. The number of pyridine rings is 1. The van der Waals surface area contributed by atoms with Crippen LogP contribution in [0.5, 0.6) is 11.5 Å². The Morgan fingerprint density at radius 1 is 0.938 bits per heavy atom. The highest BCUT2D eigenvalue weighted by Gasteiger charge is 2.39. The fourth-order valence-electron chi connectivity index (χ4n) is 3.49. The standard InChI is InChI=1S/C25H23N3O4/c1-3-32-20-12-10-17(11-13-20)22-23(27-18-8-6-9-21(15-18)31-2)25(30)28(24(22)29)16-19-7-4-5-14-26-19/h4-15,27H,3,16H2,1-2H3. The molecule has 7 heteroatoms. The second-order valence-corrected chi connectivity index (χ2v) is 7.08. The van der Waals surface area contributed by atoms with Crippen LogP contribution in [0.1, 0.15) is 18.2 Å². The van der Waals surface area contributed by atoms with E-state index < -0.39 is 5.91 Å². The number of imide groups is 1. The Hall–Kier alpha value is -4.13. The summed E-state index contributed by atoms with van der Waals surface area (Å²) in [5.41, 5.74) is 2.41. The third kappa shape index (κ3) is 4.32. The summed E-state index contributed by atoms with van der Waals surface area (Å²) >= 11 is 0. The summed E-state index contributed by atoms with van der Waals surface area (Å²) in [6.07, 6.45) is 1.64. The normalized spacial score (nSPS) is 13.5. The number of methoxy groups -OCH3 is 1. The lowest BCUT2D eigenvalue weighted by atomic mass is 10.0. The van der Waals surface area contributed by atoms with Gasteiger partial charge in [0.25, 0.3) is 11.8 Å². The van der Waals surface area contributed by atoms with Crippen LogP contribution in [0.15, 0.2) is 78.6 Å². The van der Waals surface area contributed by atoms with Crippen LogP contribution in [0, 0.1) is 0 Å². The number of nitrogens with zero attached hydrogens (tertiary/aromatic N) is 2. The maximum absolute atomic E-state index is 13.4. The number of carbonyl (C=O) groups excluding carboxylic acids is 2. The van der Waals surface area contributed by atoms with E-state index in [1.165, 1.54) is 4.90 Å². The molecule has 0 spiro atoms. The van der Waals surface area contributed by atoms with Crippen molar-refractivity contribution < 1.29 is 19.1 Å². The van der Waals surface area contributed by atoms with Gasteiger partial charge in [-0.1, -0.05) is 24.3 Å². The number of anilines is 1. The van der Waals surface area contributed by atoms with Gasteiger partial charge in [-0.15, -0.1) is 0 Å². The first-order chi connectivity index (χ1) is 15.6. The van der Waals surface area contributed by atoms with Gasteiger partial charge in [-0.05, 0) is 48.9 Å². The van der Waals surface area contributed by atoms with Crippen molar-refractivity contribution >= 4 is 23.1 Å². The van der Waals surface area contributed by atoms with Gasteiger partial charge in [-0.25, -0.2) is 0 Å². The molecular weight excluding hydrogens is 406 g/mol. The van der Waals surface area contributed by atoms with E-state index in [2.05, 4.69) is 10.3 Å². The molecule has 0 fully saturated rings. The highest BCUT2D eigenvalue weighted by atomic mass is 16.5. The minimum Gasteiger partial charge on any atom is -0.497 e. The molecule has 0 atom stereocenters. The van der Waals surface area contributed by atoms with E-state index in [9.17, 15) is 9.59 Å². The average Bonchev–Trinajstić information content (AvgIpc) is 3.05. The molecule has 0 aliphatic carbocycles. The van der Waals surface area contributed by atoms with E-state index in [-0.39, 0.29) is 18.1 Å². The van der Waals surface area contributed by atoms with Crippen LogP contribution >= 0.6 is 0 Å². The summed E-state index contributed by atoms with van der Waals surface area (Å²) in [6.45, 7) is 2.53. The molecule has 1 N–H and O–H groups in total. The number of nitrogens with one attached hydrogen (secondary N) is 1. The van der Waals surface area contributed by atoms with Crippen LogP contribution in [0.25, 0.3) is 5.57 Å². The van der Waals surface area contributed by atoms with Crippen molar-refractivity contribution in [3.63, 3.8) is 0 Å². The van der Waals surface area contributed by atoms with Gasteiger partial charge in [0.05, 0.1) is 31.5 Å². The van der Waals surface area contributed by atoms with Crippen molar-refractivity contribution in [3.05, 3.63) is 89.9 Å². The van der Waals surface area contributed by atoms with E-state index in [0.717, 1.165) is 0 Å². The zero-order valence-corrected chi connectivity index (χ0v) is 17.9. The van der Waals surface area contributed by atoms with Gasteiger partial charge in [-0.2, -0.15) is 0 Å². The third-order valence-electron chi connectivity index (χ3n) is 5.01. The first-order valence-electron chi connectivity index (χ1n) is 10.3. The Morgan fingerprint density at radius 2 is 1.75 bits per heavy atom. The minimum atomic E-state index is -0.410. The van der Waals surface area contributed by atoms with Crippen molar-refractivity contribution in [1.82, 2.24) is 9.88 Å². The molecule has 162 valence electrons. The van der Waals surface area contributed by atoms with E-state index in [0.29, 0.717) is 40.6 Å². The molecule has 0 saturated heterocycles. The Bertz CT molecular complexity index is 1160. The maximum atomic E-state index is 13.4. The lowest BCUT2D eigenvalue weighted by Crippen LogP contribution is -2.32. The fraction of sp³-hybridized carbons (Fsp3) is 0.160. The summed E-state index contributed by atoms with van der Waals surface area (Å²) in [7, 11) is 1.57. The maximum Gasteiger partial charge on any atom is 0.278 e. The molecular formula is C25H23N3O4. The second kappa shape index (κ2) is 9.34. The van der Waals surface area contributed by atoms with Crippen molar-refractivity contribution in [2.75, 3.05) is 19.0 Å². The number of rotatable bonds is 8. The van der Waals surface area contributed by atoms with Crippen LogP contribution in [0.3, 0.4) is 0 Å². The molecule has 2 heterocycles. The van der Waals surface area contributed by atoms with Gasteiger partial charge in [0.1, 0.15) is 17.2 Å². The zero-order chi connectivity index (χ0) is 22.5. The smallest absolute Gasteiger partial charge is 0.278 e. The van der Waals surface area contributed by atoms with Gasteiger partial charge in [-0.3, -0.25) is 19.5 Å². The molecule has 4 rings (SSSR count). The van der Waals surface area contributed by atoms with E-state index >= 15 is 0 Å². The molecule has 0 unspecified atom stereocenters. The van der Waals surface area contributed by atoms with Crippen molar-refractivity contribution in [3.8, 4) is 11.5 Å². The Kier molecular flexibility index (Phi) is 6.17. The number of hydrogen-bond donors (Lipinski definition) is 1. The summed E-state index contributed by atoms with van der Waals surface area (Å²) in [5.74, 6) is 0.546. The predicted octanol–water partition coefficient (Wildman–Crippen LogP) is 3.88. The number of aromatic nitrogens is 1. The highest BCUT2D eigenvalue weighted by Crippen LogP contribution is 2.32. The Balaban J connectivity index is 1.72. The topological polar surface area (TPSA) is 80.8 Å². The second-order valence-electron chi connectivity index (χ2n) is 7.08. The molecule has 2 aromatic carbocycles. The average molecular weight is 429 g/mol. The zero-order valence-electron chi connectivity index (χ0n) is 17.9. The van der Waals surface area contributed by atoms with E-state index in [1.54, 1.807) is 55.8 Å². The van der Waals surface area contributed by atoms with Crippen LogP contribution < -0.4 is 14.8 Å². The lowest BCUT2D eigenvalue weighted by Gasteiger charge is -2.15.